The first kappa shape index (κ1) is 22.2. The monoisotopic (exact) mass is 464 g/mol. The number of amides is 1. The molecular weight excluding hydrogens is 436 g/mol. The molecule has 1 aromatic heterocycles. The number of hydrogen-bond acceptors (Lipinski definition) is 7. The first-order chi connectivity index (χ1) is 16.7. The zero-order valence-electron chi connectivity index (χ0n) is 19.1. The topological polar surface area (TPSA) is 97.9 Å². The lowest BCUT2D eigenvalue weighted by Gasteiger charge is -2.35. The van der Waals surface area contributed by atoms with Crippen LogP contribution in [0.25, 0.3) is 11.3 Å². The molecule has 5 rings (SSSR count). The third-order valence-electron chi connectivity index (χ3n) is 6.16. The molecule has 178 valence electrons. The minimum Gasteiger partial charge on any atom is -0.497 e. The summed E-state index contributed by atoms with van der Waals surface area (Å²) in [6.45, 7) is 4.45. The number of methoxy groups -OCH3 is 1. The molecule has 9 heteroatoms. The van der Waals surface area contributed by atoms with E-state index in [0.29, 0.717) is 55.7 Å². The summed E-state index contributed by atoms with van der Waals surface area (Å²) in [4.78, 5) is 15.6. The van der Waals surface area contributed by atoms with Gasteiger partial charge in [-0.05, 0) is 35.9 Å². The van der Waals surface area contributed by atoms with Crippen molar-refractivity contribution >= 4 is 5.91 Å². The maximum absolute atomic E-state index is 13.2. The lowest BCUT2D eigenvalue weighted by atomic mass is 10.0. The molecule has 2 N–H and O–H groups in total. The van der Waals surface area contributed by atoms with E-state index in [0.717, 1.165) is 30.0 Å². The molecule has 34 heavy (non-hydrogen) atoms. The molecule has 2 aliphatic rings. The first-order valence-corrected chi connectivity index (χ1v) is 11.4. The van der Waals surface area contributed by atoms with Gasteiger partial charge in [0.05, 0.1) is 43.8 Å². The number of fused-ring (bicyclic) bond motifs is 1. The van der Waals surface area contributed by atoms with E-state index in [-0.39, 0.29) is 11.9 Å². The molecule has 1 atom stereocenters. The summed E-state index contributed by atoms with van der Waals surface area (Å²) in [5.41, 5.74) is 3.04. The molecule has 9 nitrogen and oxygen atoms in total. The predicted octanol–water partition coefficient (Wildman–Crippen LogP) is 2.66. The Morgan fingerprint density at radius 2 is 1.85 bits per heavy atom. The van der Waals surface area contributed by atoms with Crippen molar-refractivity contribution in [2.45, 2.75) is 6.04 Å². The van der Waals surface area contributed by atoms with Crippen molar-refractivity contribution < 1.29 is 23.7 Å². The van der Waals surface area contributed by atoms with Crippen LogP contribution in [0.2, 0.25) is 0 Å². The molecule has 1 fully saturated rings. The van der Waals surface area contributed by atoms with Gasteiger partial charge in [0.1, 0.15) is 19.0 Å². The molecule has 0 spiro atoms. The maximum Gasteiger partial charge on any atom is 0.255 e. The van der Waals surface area contributed by atoms with Gasteiger partial charge < -0.3 is 24.3 Å². The Balaban J connectivity index is 1.33. The Kier molecular flexibility index (Phi) is 6.64. The van der Waals surface area contributed by atoms with E-state index < -0.39 is 0 Å². The molecule has 1 saturated heterocycles. The Bertz CT molecular complexity index is 1120. The number of nitrogens with one attached hydrogen (secondary N) is 2. The van der Waals surface area contributed by atoms with Crippen LogP contribution < -0.4 is 19.5 Å². The highest BCUT2D eigenvalue weighted by Gasteiger charge is 2.25. The van der Waals surface area contributed by atoms with Gasteiger partial charge in [-0.2, -0.15) is 5.10 Å². The Labute approximate surface area is 198 Å². The van der Waals surface area contributed by atoms with Crippen LogP contribution in [-0.2, 0) is 4.74 Å². The lowest BCUT2D eigenvalue weighted by molar-refractivity contribution is 0.0162. The first-order valence-electron chi connectivity index (χ1n) is 11.4. The van der Waals surface area contributed by atoms with Crippen LogP contribution in [-0.4, -0.2) is 74.2 Å². The minimum absolute atomic E-state index is 0.0170. The third-order valence-corrected chi connectivity index (χ3v) is 6.16. The molecular formula is C25H28N4O5. The highest BCUT2D eigenvalue weighted by molar-refractivity contribution is 5.99. The van der Waals surface area contributed by atoms with Gasteiger partial charge in [0.15, 0.2) is 11.5 Å². The highest BCUT2D eigenvalue weighted by atomic mass is 16.6. The fraction of sp³-hybridized carbons (Fsp3) is 0.360. The van der Waals surface area contributed by atoms with E-state index in [4.69, 9.17) is 18.9 Å². The van der Waals surface area contributed by atoms with Crippen molar-refractivity contribution in [1.82, 2.24) is 20.4 Å². The Morgan fingerprint density at radius 3 is 2.62 bits per heavy atom. The van der Waals surface area contributed by atoms with Crippen molar-refractivity contribution in [3.8, 4) is 28.5 Å². The molecule has 0 radical (unpaired) electrons. The Hall–Kier alpha value is -3.56. The number of carbonyl (C=O) groups is 1. The average molecular weight is 465 g/mol. The molecule has 0 aliphatic carbocycles. The van der Waals surface area contributed by atoms with Gasteiger partial charge in [-0.15, -0.1) is 0 Å². The predicted molar refractivity (Wildman–Crippen MR) is 125 cm³/mol. The van der Waals surface area contributed by atoms with E-state index in [9.17, 15) is 4.79 Å². The van der Waals surface area contributed by atoms with Crippen LogP contribution in [0.15, 0.2) is 48.7 Å². The zero-order valence-corrected chi connectivity index (χ0v) is 19.1. The van der Waals surface area contributed by atoms with Crippen LogP contribution in [0.1, 0.15) is 22.0 Å². The molecule has 1 amide bonds. The van der Waals surface area contributed by atoms with Crippen molar-refractivity contribution in [1.29, 1.82) is 0 Å². The summed E-state index contributed by atoms with van der Waals surface area (Å²) >= 11 is 0. The summed E-state index contributed by atoms with van der Waals surface area (Å²) in [7, 11) is 1.65. The molecule has 2 aromatic carbocycles. The van der Waals surface area contributed by atoms with Crippen LogP contribution >= 0.6 is 0 Å². The van der Waals surface area contributed by atoms with Crippen LogP contribution in [0.3, 0.4) is 0 Å². The number of morpholine rings is 1. The molecule has 0 bridgehead atoms. The fourth-order valence-electron chi connectivity index (χ4n) is 4.33. The van der Waals surface area contributed by atoms with E-state index in [1.165, 1.54) is 0 Å². The van der Waals surface area contributed by atoms with Gasteiger partial charge in [0.2, 0.25) is 0 Å². The molecule has 0 saturated carbocycles. The average Bonchev–Trinajstić information content (AvgIpc) is 3.40. The number of benzene rings is 2. The molecule has 1 unspecified atom stereocenters. The smallest absolute Gasteiger partial charge is 0.255 e. The summed E-state index contributed by atoms with van der Waals surface area (Å²) in [5.74, 6) is 1.98. The maximum atomic E-state index is 13.2. The standard InChI is InChI=1S/C25H28N4O5/c1-31-19-5-2-17(3-6-19)21(29-8-10-32-11-9-29)16-26-25(30)20-15-27-28-24(20)18-4-7-22-23(14-18)34-13-12-33-22/h2-7,14-15,21H,8-13,16H2,1H3,(H,26,30)(H,27,28). The lowest BCUT2D eigenvalue weighted by Crippen LogP contribution is -2.43. The number of H-pyrrole nitrogens is 1. The summed E-state index contributed by atoms with van der Waals surface area (Å²) in [6.07, 6.45) is 1.55. The molecule has 2 aliphatic heterocycles. The third kappa shape index (κ3) is 4.71. The number of ether oxygens (including phenoxy) is 4. The van der Waals surface area contributed by atoms with Crippen molar-refractivity contribution in [2.24, 2.45) is 0 Å². The van der Waals surface area contributed by atoms with Gasteiger partial charge in [0.25, 0.3) is 5.91 Å². The fourth-order valence-corrected chi connectivity index (χ4v) is 4.33. The molecule has 3 heterocycles. The van der Waals surface area contributed by atoms with E-state index in [2.05, 4.69) is 20.4 Å². The van der Waals surface area contributed by atoms with Crippen LogP contribution in [0.5, 0.6) is 17.2 Å². The van der Waals surface area contributed by atoms with E-state index >= 15 is 0 Å². The normalized spacial score (nSPS) is 16.6. The highest BCUT2D eigenvalue weighted by Crippen LogP contribution is 2.35. The second-order valence-corrected chi connectivity index (χ2v) is 8.16. The van der Waals surface area contributed by atoms with Gasteiger partial charge in [-0.25, -0.2) is 0 Å². The summed E-state index contributed by atoms with van der Waals surface area (Å²) in [6, 6.07) is 13.6. The number of aromatic nitrogens is 2. The van der Waals surface area contributed by atoms with Gasteiger partial charge >= 0.3 is 0 Å². The van der Waals surface area contributed by atoms with Gasteiger partial charge in [0, 0.05) is 25.2 Å². The summed E-state index contributed by atoms with van der Waals surface area (Å²) < 4.78 is 22.1. The van der Waals surface area contributed by atoms with E-state index in [1.807, 2.05) is 42.5 Å². The van der Waals surface area contributed by atoms with Crippen LogP contribution in [0.4, 0.5) is 0 Å². The van der Waals surface area contributed by atoms with Crippen molar-refractivity contribution in [3.05, 3.63) is 59.8 Å². The Morgan fingerprint density at radius 1 is 1.09 bits per heavy atom. The van der Waals surface area contributed by atoms with Gasteiger partial charge in [-0.3, -0.25) is 14.8 Å². The second kappa shape index (κ2) is 10.1. The van der Waals surface area contributed by atoms with Crippen molar-refractivity contribution in [3.63, 3.8) is 0 Å². The summed E-state index contributed by atoms with van der Waals surface area (Å²) in [5, 5.41) is 10.2. The molecule has 3 aromatic rings. The van der Waals surface area contributed by atoms with Crippen LogP contribution in [0, 0.1) is 0 Å². The minimum atomic E-state index is -0.189. The quantitative estimate of drug-likeness (QED) is 0.555. The SMILES string of the molecule is COc1ccc(C(CNC(=O)c2cn[nH]c2-c2ccc3c(c2)OCCO3)N2CCOCC2)cc1. The van der Waals surface area contributed by atoms with E-state index in [1.54, 1.807) is 13.3 Å². The van der Waals surface area contributed by atoms with Crippen molar-refractivity contribution in [2.75, 3.05) is 53.2 Å². The number of hydrogen-bond donors (Lipinski definition) is 2. The number of nitrogens with zero attached hydrogens (tertiary/aromatic N) is 2. The second-order valence-electron chi connectivity index (χ2n) is 8.16. The number of aromatic amines is 1. The number of rotatable bonds is 7. The van der Waals surface area contributed by atoms with Gasteiger partial charge in [-0.1, -0.05) is 12.1 Å². The number of carbonyl (C=O) groups excluding carboxylic acids is 1. The zero-order chi connectivity index (χ0) is 23.3. The largest absolute Gasteiger partial charge is 0.497 e.